The molecule has 0 spiro atoms. The summed E-state index contributed by atoms with van der Waals surface area (Å²) in [6, 6.07) is 19.8. The van der Waals surface area contributed by atoms with E-state index in [2.05, 4.69) is 6.07 Å². The zero-order valence-corrected chi connectivity index (χ0v) is 13.5. The van der Waals surface area contributed by atoms with Crippen molar-refractivity contribution in [2.45, 2.75) is 5.92 Å². The van der Waals surface area contributed by atoms with E-state index < -0.39 is 10.8 Å². The molecular formula is C20H13N3O3. The first kappa shape index (κ1) is 15.7. The van der Waals surface area contributed by atoms with Crippen LogP contribution in [0.2, 0.25) is 0 Å². The molecule has 0 saturated heterocycles. The SMILES string of the molecule is N#CC1=C(N)Oc2c(ccc3ccccc23)[C@H]1c1ccccc1[N+](=O)[O-]. The largest absolute Gasteiger partial charge is 0.440 e. The Bertz CT molecular complexity index is 1130. The van der Waals surface area contributed by atoms with E-state index in [1.807, 2.05) is 36.4 Å². The Labute approximate surface area is 148 Å². The summed E-state index contributed by atoms with van der Waals surface area (Å²) in [5.41, 5.74) is 7.22. The first-order chi connectivity index (χ1) is 12.6. The van der Waals surface area contributed by atoms with Crippen LogP contribution in [0.25, 0.3) is 10.8 Å². The Hall–Kier alpha value is -3.85. The average molecular weight is 343 g/mol. The number of para-hydroxylation sites is 1. The van der Waals surface area contributed by atoms with Crippen molar-refractivity contribution in [3.8, 4) is 11.8 Å². The van der Waals surface area contributed by atoms with Gasteiger partial charge in [0.2, 0.25) is 5.88 Å². The lowest BCUT2D eigenvalue weighted by Crippen LogP contribution is -2.21. The summed E-state index contributed by atoms with van der Waals surface area (Å²) in [6.45, 7) is 0. The molecule has 0 amide bonds. The van der Waals surface area contributed by atoms with E-state index >= 15 is 0 Å². The molecule has 3 aromatic rings. The van der Waals surface area contributed by atoms with Crippen molar-refractivity contribution in [1.29, 1.82) is 5.26 Å². The van der Waals surface area contributed by atoms with E-state index in [-0.39, 0.29) is 17.1 Å². The van der Waals surface area contributed by atoms with Crippen LogP contribution < -0.4 is 10.5 Å². The summed E-state index contributed by atoms with van der Waals surface area (Å²) in [5.74, 6) is -0.155. The first-order valence-electron chi connectivity index (χ1n) is 7.94. The molecular weight excluding hydrogens is 330 g/mol. The summed E-state index contributed by atoms with van der Waals surface area (Å²) < 4.78 is 5.77. The Kier molecular flexibility index (Phi) is 3.55. The summed E-state index contributed by atoms with van der Waals surface area (Å²) in [4.78, 5) is 11.1. The van der Waals surface area contributed by atoms with Gasteiger partial charge in [0.1, 0.15) is 17.4 Å². The average Bonchev–Trinajstić information content (AvgIpc) is 2.66. The van der Waals surface area contributed by atoms with Crippen LogP contribution in [0, 0.1) is 21.4 Å². The number of nitrogens with zero attached hydrogens (tertiary/aromatic N) is 2. The van der Waals surface area contributed by atoms with Crippen molar-refractivity contribution in [2.24, 2.45) is 5.73 Å². The predicted octanol–water partition coefficient (Wildman–Crippen LogP) is 3.97. The van der Waals surface area contributed by atoms with Crippen molar-refractivity contribution in [3.63, 3.8) is 0 Å². The van der Waals surface area contributed by atoms with Crippen LogP contribution in [-0.4, -0.2) is 4.92 Å². The molecule has 3 aromatic carbocycles. The first-order valence-corrected chi connectivity index (χ1v) is 7.94. The molecule has 26 heavy (non-hydrogen) atoms. The molecule has 4 rings (SSSR count). The highest BCUT2D eigenvalue weighted by molar-refractivity contribution is 5.91. The number of nitrogens with two attached hydrogens (primary N) is 1. The Morgan fingerprint density at radius 2 is 1.77 bits per heavy atom. The maximum Gasteiger partial charge on any atom is 0.273 e. The van der Waals surface area contributed by atoms with E-state index in [0.717, 1.165) is 10.8 Å². The molecule has 1 aliphatic rings. The molecule has 0 bridgehead atoms. The normalized spacial score (nSPS) is 15.9. The van der Waals surface area contributed by atoms with Crippen molar-refractivity contribution >= 4 is 16.5 Å². The van der Waals surface area contributed by atoms with Gasteiger partial charge in [-0.25, -0.2) is 0 Å². The van der Waals surface area contributed by atoms with Crippen LogP contribution in [0.1, 0.15) is 17.0 Å². The van der Waals surface area contributed by atoms with Crippen LogP contribution in [-0.2, 0) is 0 Å². The van der Waals surface area contributed by atoms with E-state index in [1.165, 1.54) is 6.07 Å². The molecule has 2 N–H and O–H groups in total. The molecule has 0 saturated carbocycles. The number of hydrogen-bond acceptors (Lipinski definition) is 5. The number of allylic oxidation sites excluding steroid dienone is 1. The Morgan fingerprint density at radius 1 is 1.04 bits per heavy atom. The van der Waals surface area contributed by atoms with Gasteiger partial charge in [-0.05, 0) is 5.39 Å². The van der Waals surface area contributed by atoms with Crippen LogP contribution in [0.15, 0.2) is 72.1 Å². The smallest absolute Gasteiger partial charge is 0.273 e. The molecule has 0 fully saturated rings. The third kappa shape index (κ3) is 2.26. The molecule has 1 aliphatic heterocycles. The van der Waals surface area contributed by atoms with Gasteiger partial charge in [-0.3, -0.25) is 10.1 Å². The van der Waals surface area contributed by atoms with Gasteiger partial charge in [-0.2, -0.15) is 5.26 Å². The zero-order chi connectivity index (χ0) is 18.3. The highest BCUT2D eigenvalue weighted by Gasteiger charge is 2.35. The van der Waals surface area contributed by atoms with Crippen molar-refractivity contribution in [1.82, 2.24) is 0 Å². The minimum atomic E-state index is -0.657. The number of hydrogen-bond donors (Lipinski definition) is 1. The Balaban J connectivity index is 2.05. The number of nitriles is 1. The second-order valence-electron chi connectivity index (χ2n) is 5.95. The number of nitro groups is 1. The van der Waals surface area contributed by atoms with Crippen LogP contribution in [0.4, 0.5) is 5.69 Å². The van der Waals surface area contributed by atoms with Gasteiger partial charge in [0.05, 0.1) is 10.8 Å². The number of ether oxygens (including phenoxy) is 1. The summed E-state index contributed by atoms with van der Waals surface area (Å²) >= 11 is 0. The molecule has 6 heteroatoms. The highest BCUT2D eigenvalue weighted by Crippen LogP contribution is 2.47. The predicted molar refractivity (Wildman–Crippen MR) is 96.3 cm³/mol. The van der Waals surface area contributed by atoms with E-state index in [1.54, 1.807) is 18.2 Å². The van der Waals surface area contributed by atoms with Gasteiger partial charge in [0, 0.05) is 22.6 Å². The number of nitro benzene ring substituents is 1. The highest BCUT2D eigenvalue weighted by atomic mass is 16.6. The van der Waals surface area contributed by atoms with E-state index in [9.17, 15) is 15.4 Å². The van der Waals surface area contributed by atoms with Gasteiger partial charge < -0.3 is 10.5 Å². The molecule has 1 atom stereocenters. The lowest BCUT2D eigenvalue weighted by atomic mass is 9.82. The number of rotatable bonds is 2. The molecule has 0 radical (unpaired) electrons. The van der Waals surface area contributed by atoms with Crippen LogP contribution in [0.5, 0.6) is 5.75 Å². The zero-order valence-electron chi connectivity index (χ0n) is 13.5. The van der Waals surface area contributed by atoms with E-state index in [4.69, 9.17) is 10.5 Å². The molecule has 0 aliphatic carbocycles. The van der Waals surface area contributed by atoms with Crippen molar-refractivity contribution < 1.29 is 9.66 Å². The van der Waals surface area contributed by atoms with Gasteiger partial charge in [0.25, 0.3) is 5.69 Å². The van der Waals surface area contributed by atoms with Gasteiger partial charge >= 0.3 is 0 Å². The summed E-state index contributed by atoms with van der Waals surface area (Å²) in [6.07, 6.45) is 0. The van der Waals surface area contributed by atoms with E-state index in [0.29, 0.717) is 16.9 Å². The maximum atomic E-state index is 11.5. The third-order valence-corrected chi connectivity index (χ3v) is 4.55. The molecule has 6 nitrogen and oxygen atoms in total. The molecule has 0 aromatic heterocycles. The fraction of sp³-hybridized carbons (Fsp3) is 0.0500. The molecule has 1 heterocycles. The molecule has 126 valence electrons. The second-order valence-corrected chi connectivity index (χ2v) is 5.95. The summed E-state index contributed by atoms with van der Waals surface area (Å²) in [7, 11) is 0. The van der Waals surface area contributed by atoms with Crippen molar-refractivity contribution in [3.05, 3.63) is 93.4 Å². The fourth-order valence-electron chi connectivity index (χ4n) is 3.40. The molecule has 0 unspecified atom stereocenters. The van der Waals surface area contributed by atoms with Gasteiger partial charge in [-0.1, -0.05) is 54.6 Å². The van der Waals surface area contributed by atoms with Gasteiger partial charge in [-0.15, -0.1) is 0 Å². The quantitative estimate of drug-likeness (QED) is 0.560. The van der Waals surface area contributed by atoms with Gasteiger partial charge in [0.15, 0.2) is 0 Å². The fourth-order valence-corrected chi connectivity index (χ4v) is 3.40. The second kappa shape index (κ2) is 5.90. The maximum absolute atomic E-state index is 11.5. The lowest BCUT2D eigenvalue weighted by molar-refractivity contribution is -0.385. The minimum absolute atomic E-state index is 0.0282. The monoisotopic (exact) mass is 343 g/mol. The summed E-state index contributed by atoms with van der Waals surface area (Å²) in [5, 5.41) is 22.9. The minimum Gasteiger partial charge on any atom is -0.440 e. The Morgan fingerprint density at radius 3 is 2.54 bits per heavy atom. The van der Waals surface area contributed by atoms with Crippen LogP contribution in [0.3, 0.4) is 0 Å². The van der Waals surface area contributed by atoms with Crippen LogP contribution >= 0.6 is 0 Å². The number of benzene rings is 3. The topological polar surface area (TPSA) is 102 Å². The standard InChI is InChI=1S/C20H13N3O3/c21-11-16-18(14-7-3-4-8-17(14)23(24)25)15-10-9-12-5-1-2-6-13(12)19(15)26-20(16)22/h1-10,18H,22H2/t18-/m1/s1. The lowest BCUT2D eigenvalue weighted by Gasteiger charge is -2.27. The number of fused-ring (bicyclic) bond motifs is 3. The van der Waals surface area contributed by atoms with Crippen molar-refractivity contribution in [2.75, 3.05) is 0 Å². The third-order valence-electron chi connectivity index (χ3n) is 4.55.